The molecule has 0 saturated carbocycles. The lowest BCUT2D eigenvalue weighted by Gasteiger charge is -2.19. The summed E-state index contributed by atoms with van der Waals surface area (Å²) in [7, 11) is 3.23. The molecule has 4 heteroatoms. The molecule has 1 unspecified atom stereocenters. The smallest absolute Gasteiger partial charge is 0.169 e. The Morgan fingerprint density at radius 2 is 1.92 bits per heavy atom. The minimum Gasteiger partial charge on any atom is -0.396 e. The van der Waals surface area contributed by atoms with Crippen molar-refractivity contribution in [3.63, 3.8) is 0 Å². The fraction of sp³-hybridized carbons (Fsp3) is 1.00. The first-order chi connectivity index (χ1) is 6.28. The van der Waals surface area contributed by atoms with Crippen molar-refractivity contribution < 1.29 is 14.6 Å². The van der Waals surface area contributed by atoms with Gasteiger partial charge in [0.15, 0.2) is 6.29 Å². The van der Waals surface area contributed by atoms with E-state index in [9.17, 15) is 0 Å². The Morgan fingerprint density at radius 1 is 1.31 bits per heavy atom. The van der Waals surface area contributed by atoms with Crippen molar-refractivity contribution in [2.75, 3.05) is 27.4 Å². The predicted molar refractivity (Wildman–Crippen MR) is 51.6 cm³/mol. The van der Waals surface area contributed by atoms with E-state index in [4.69, 9.17) is 14.6 Å². The summed E-state index contributed by atoms with van der Waals surface area (Å²) in [6.45, 7) is 2.96. The zero-order valence-electron chi connectivity index (χ0n) is 8.75. The second-order valence-corrected chi connectivity index (χ2v) is 2.93. The first-order valence-electron chi connectivity index (χ1n) is 4.68. The van der Waals surface area contributed by atoms with Crippen molar-refractivity contribution in [1.82, 2.24) is 5.32 Å². The Bertz CT molecular complexity index is 107. The van der Waals surface area contributed by atoms with Gasteiger partial charge in [-0.1, -0.05) is 6.92 Å². The largest absolute Gasteiger partial charge is 0.396 e. The highest BCUT2D eigenvalue weighted by Gasteiger charge is 2.09. The summed E-state index contributed by atoms with van der Waals surface area (Å²) in [5.41, 5.74) is 0. The van der Waals surface area contributed by atoms with Gasteiger partial charge in [0.1, 0.15) is 0 Å². The van der Waals surface area contributed by atoms with Gasteiger partial charge >= 0.3 is 0 Å². The van der Waals surface area contributed by atoms with Crippen LogP contribution in [0.2, 0.25) is 0 Å². The van der Waals surface area contributed by atoms with E-state index in [-0.39, 0.29) is 12.9 Å². The topological polar surface area (TPSA) is 50.7 Å². The van der Waals surface area contributed by atoms with Gasteiger partial charge in [-0.3, -0.25) is 0 Å². The molecule has 0 aliphatic rings. The average molecular weight is 191 g/mol. The van der Waals surface area contributed by atoms with E-state index in [1.54, 1.807) is 14.2 Å². The zero-order valence-corrected chi connectivity index (χ0v) is 8.75. The van der Waals surface area contributed by atoms with E-state index >= 15 is 0 Å². The van der Waals surface area contributed by atoms with E-state index in [0.29, 0.717) is 12.6 Å². The van der Waals surface area contributed by atoms with Gasteiger partial charge in [0, 0.05) is 33.4 Å². The fourth-order valence-electron chi connectivity index (χ4n) is 1.13. The summed E-state index contributed by atoms with van der Waals surface area (Å²) < 4.78 is 10.1. The Morgan fingerprint density at radius 3 is 2.31 bits per heavy atom. The van der Waals surface area contributed by atoms with Gasteiger partial charge in [0.05, 0.1) is 0 Å². The Balaban J connectivity index is 3.56. The maximum absolute atomic E-state index is 8.74. The third kappa shape index (κ3) is 5.99. The van der Waals surface area contributed by atoms with Crippen molar-refractivity contribution >= 4 is 0 Å². The molecule has 0 aliphatic carbocycles. The van der Waals surface area contributed by atoms with Crippen LogP contribution in [0.5, 0.6) is 0 Å². The van der Waals surface area contributed by atoms with Crippen LogP contribution in [0, 0.1) is 0 Å². The van der Waals surface area contributed by atoms with E-state index in [2.05, 4.69) is 12.2 Å². The van der Waals surface area contributed by atoms with Gasteiger partial charge in [-0.05, 0) is 12.8 Å². The fourth-order valence-corrected chi connectivity index (χ4v) is 1.13. The normalized spacial score (nSPS) is 13.6. The summed E-state index contributed by atoms with van der Waals surface area (Å²) in [6, 6.07) is 0.345. The van der Waals surface area contributed by atoms with Crippen molar-refractivity contribution in [3.05, 3.63) is 0 Å². The second kappa shape index (κ2) is 8.44. The molecule has 4 nitrogen and oxygen atoms in total. The summed E-state index contributed by atoms with van der Waals surface area (Å²) in [6.07, 6.45) is 1.57. The third-order valence-electron chi connectivity index (χ3n) is 2.07. The molecule has 0 fully saturated rings. The highest BCUT2D eigenvalue weighted by Crippen LogP contribution is 1.97. The highest BCUT2D eigenvalue weighted by atomic mass is 16.7. The number of ether oxygens (including phenoxy) is 2. The molecular formula is C9H21NO3. The average Bonchev–Trinajstić information content (AvgIpc) is 2.17. The monoisotopic (exact) mass is 191 g/mol. The number of hydrogen-bond acceptors (Lipinski definition) is 4. The van der Waals surface area contributed by atoms with Crippen molar-refractivity contribution in [1.29, 1.82) is 0 Å². The maximum Gasteiger partial charge on any atom is 0.169 e. The number of methoxy groups -OCH3 is 2. The Hall–Kier alpha value is -0.160. The lowest BCUT2D eigenvalue weighted by molar-refractivity contribution is -0.100. The first kappa shape index (κ1) is 12.8. The molecule has 0 saturated heterocycles. The van der Waals surface area contributed by atoms with Gasteiger partial charge < -0.3 is 19.9 Å². The third-order valence-corrected chi connectivity index (χ3v) is 2.07. The van der Waals surface area contributed by atoms with Crippen LogP contribution in [0.3, 0.4) is 0 Å². The molecular weight excluding hydrogens is 170 g/mol. The molecule has 0 aliphatic heterocycles. The van der Waals surface area contributed by atoms with Gasteiger partial charge in [-0.2, -0.15) is 0 Å². The van der Waals surface area contributed by atoms with E-state index in [1.807, 2.05) is 0 Å². The number of rotatable bonds is 8. The van der Waals surface area contributed by atoms with Gasteiger partial charge in [-0.25, -0.2) is 0 Å². The first-order valence-corrected chi connectivity index (χ1v) is 4.68. The summed E-state index contributed by atoms with van der Waals surface area (Å²) in [5.74, 6) is 0. The Kier molecular flexibility index (Phi) is 8.33. The molecule has 80 valence electrons. The molecule has 0 rings (SSSR count). The van der Waals surface area contributed by atoms with Gasteiger partial charge in [-0.15, -0.1) is 0 Å². The lowest BCUT2D eigenvalue weighted by atomic mass is 10.1. The molecule has 0 radical (unpaired) electrons. The van der Waals surface area contributed by atoms with Gasteiger partial charge in [0.25, 0.3) is 0 Å². The maximum atomic E-state index is 8.74. The van der Waals surface area contributed by atoms with Gasteiger partial charge in [0.2, 0.25) is 0 Å². The quantitative estimate of drug-likeness (QED) is 0.544. The van der Waals surface area contributed by atoms with Crippen LogP contribution in [0.15, 0.2) is 0 Å². The molecule has 0 heterocycles. The molecule has 0 aromatic rings. The predicted octanol–water partition coefficient (Wildman–Crippen LogP) is 0.356. The summed E-state index contributed by atoms with van der Waals surface area (Å²) >= 11 is 0. The second-order valence-electron chi connectivity index (χ2n) is 2.93. The number of aliphatic hydroxyl groups excluding tert-OH is 1. The van der Waals surface area contributed by atoms with E-state index in [0.717, 1.165) is 12.8 Å². The van der Waals surface area contributed by atoms with Crippen LogP contribution in [0.4, 0.5) is 0 Å². The molecule has 0 bridgehead atoms. The standard InChI is InChI=1S/C9H21NO3/c1-4-8(5-6-11)10-7-9(12-2)13-3/h8-11H,4-7H2,1-3H3. The molecule has 2 N–H and O–H groups in total. The van der Waals surface area contributed by atoms with Crippen molar-refractivity contribution in [2.45, 2.75) is 32.1 Å². The summed E-state index contributed by atoms with van der Waals surface area (Å²) in [5, 5.41) is 12.0. The number of aliphatic hydroxyl groups is 1. The highest BCUT2D eigenvalue weighted by molar-refractivity contribution is 4.64. The molecule has 0 aromatic heterocycles. The zero-order chi connectivity index (χ0) is 10.1. The number of nitrogens with one attached hydrogen (secondary N) is 1. The van der Waals surface area contributed by atoms with Crippen molar-refractivity contribution in [2.24, 2.45) is 0 Å². The number of hydrogen-bond donors (Lipinski definition) is 2. The summed E-state index contributed by atoms with van der Waals surface area (Å²) in [4.78, 5) is 0. The minimum atomic E-state index is -0.201. The van der Waals surface area contributed by atoms with Crippen LogP contribution >= 0.6 is 0 Å². The van der Waals surface area contributed by atoms with E-state index in [1.165, 1.54) is 0 Å². The molecule has 13 heavy (non-hydrogen) atoms. The van der Waals surface area contributed by atoms with Crippen LogP contribution in [0.25, 0.3) is 0 Å². The van der Waals surface area contributed by atoms with E-state index < -0.39 is 0 Å². The minimum absolute atomic E-state index is 0.201. The molecule has 0 amide bonds. The van der Waals surface area contributed by atoms with Crippen LogP contribution in [-0.2, 0) is 9.47 Å². The van der Waals surface area contributed by atoms with Crippen molar-refractivity contribution in [3.8, 4) is 0 Å². The van der Waals surface area contributed by atoms with Crippen LogP contribution < -0.4 is 5.32 Å². The van der Waals surface area contributed by atoms with Crippen LogP contribution in [-0.4, -0.2) is 44.8 Å². The molecule has 0 aromatic carbocycles. The molecule has 1 atom stereocenters. The Labute approximate surface area is 80.2 Å². The lowest BCUT2D eigenvalue weighted by Crippen LogP contribution is -2.37. The van der Waals surface area contributed by atoms with Crippen LogP contribution in [0.1, 0.15) is 19.8 Å². The SMILES string of the molecule is CCC(CCO)NCC(OC)OC. The molecule has 0 spiro atoms.